The molecule has 1 aliphatic heterocycles. The van der Waals surface area contributed by atoms with Crippen LogP contribution in [0.3, 0.4) is 0 Å². The van der Waals surface area contributed by atoms with Crippen LogP contribution in [-0.4, -0.2) is 37.0 Å². The number of hydrogen-bond donors (Lipinski definition) is 1. The summed E-state index contributed by atoms with van der Waals surface area (Å²) in [5.74, 6) is -0.649. The minimum atomic E-state index is -0.754. The molecule has 2 aromatic rings. The second-order valence-electron chi connectivity index (χ2n) is 9.57. The van der Waals surface area contributed by atoms with Gasteiger partial charge in [0.05, 0.1) is 17.7 Å². The molecule has 0 radical (unpaired) electrons. The van der Waals surface area contributed by atoms with Crippen LogP contribution in [0.2, 0.25) is 0 Å². The lowest BCUT2D eigenvalue weighted by molar-refractivity contribution is -0.123. The predicted octanol–water partition coefficient (Wildman–Crippen LogP) is 5.06. The van der Waals surface area contributed by atoms with Crippen LogP contribution in [0.4, 0.5) is 11.4 Å². The van der Waals surface area contributed by atoms with Crippen molar-refractivity contribution in [1.29, 1.82) is 0 Å². The normalized spacial score (nSPS) is 16.7. The lowest BCUT2D eigenvalue weighted by atomic mass is 9.82. The van der Waals surface area contributed by atoms with Crippen molar-refractivity contribution in [2.45, 2.75) is 46.8 Å². The Balaban J connectivity index is 2.11. The molecule has 2 aromatic carbocycles. The summed E-state index contributed by atoms with van der Waals surface area (Å²) in [6.45, 7) is 9.24. The minimum absolute atomic E-state index is 0.0268. The number of benzene rings is 2. The number of aliphatic hydroxyl groups is 1. The van der Waals surface area contributed by atoms with Crippen LogP contribution in [-0.2, 0) is 9.59 Å². The third-order valence-corrected chi connectivity index (χ3v) is 5.35. The second kappa shape index (κ2) is 8.69. The Kier molecular flexibility index (Phi) is 6.35. The van der Waals surface area contributed by atoms with Crippen molar-refractivity contribution in [3.63, 3.8) is 0 Å². The zero-order valence-corrected chi connectivity index (χ0v) is 19.8. The van der Waals surface area contributed by atoms with Crippen LogP contribution in [0, 0.1) is 5.41 Å². The molecule has 1 amide bonds. The molecule has 0 fully saturated rings. The third-order valence-electron chi connectivity index (χ3n) is 5.35. The number of carbonyl (C=O) groups excluding carboxylic acids is 2. The smallest absolute Gasteiger partial charge is 0.294 e. The SMILES string of the molecule is CC(C)Oc1ccc(N2C(=O)C(O)=C(C(=O)C(C)(C)C)C2c2ccc(N(C)C)cc2)cc1. The Hall–Kier alpha value is -3.28. The summed E-state index contributed by atoms with van der Waals surface area (Å²) in [6, 6.07) is 14.1. The monoisotopic (exact) mass is 436 g/mol. The third kappa shape index (κ3) is 4.49. The first-order valence-corrected chi connectivity index (χ1v) is 10.8. The Morgan fingerprint density at radius 1 is 1.03 bits per heavy atom. The number of anilines is 2. The maximum atomic E-state index is 13.3. The van der Waals surface area contributed by atoms with E-state index in [0.29, 0.717) is 11.4 Å². The van der Waals surface area contributed by atoms with Crippen molar-refractivity contribution in [2.75, 3.05) is 23.9 Å². The highest BCUT2D eigenvalue weighted by Gasteiger charge is 2.46. The molecule has 1 heterocycles. The number of nitrogens with zero attached hydrogens (tertiary/aromatic N) is 2. The summed E-state index contributed by atoms with van der Waals surface area (Å²) in [4.78, 5) is 30.0. The molecule has 0 bridgehead atoms. The van der Waals surface area contributed by atoms with E-state index >= 15 is 0 Å². The van der Waals surface area contributed by atoms with Gasteiger partial charge in [0, 0.05) is 30.9 Å². The van der Waals surface area contributed by atoms with Gasteiger partial charge in [-0.2, -0.15) is 0 Å². The van der Waals surface area contributed by atoms with E-state index < -0.39 is 23.1 Å². The largest absolute Gasteiger partial charge is 0.503 e. The molecule has 0 aliphatic carbocycles. The van der Waals surface area contributed by atoms with Crippen molar-refractivity contribution in [3.05, 3.63) is 65.4 Å². The molecule has 3 rings (SSSR count). The van der Waals surface area contributed by atoms with Gasteiger partial charge in [0.15, 0.2) is 11.5 Å². The molecule has 1 unspecified atom stereocenters. The topological polar surface area (TPSA) is 70.1 Å². The average molecular weight is 437 g/mol. The van der Waals surface area contributed by atoms with Gasteiger partial charge in [0.2, 0.25) is 0 Å². The Morgan fingerprint density at radius 2 is 1.59 bits per heavy atom. The van der Waals surface area contributed by atoms with Crippen molar-refractivity contribution in [1.82, 2.24) is 0 Å². The molecule has 0 spiro atoms. The van der Waals surface area contributed by atoms with Gasteiger partial charge in [-0.15, -0.1) is 0 Å². The van der Waals surface area contributed by atoms with Crippen LogP contribution in [0.1, 0.15) is 46.2 Å². The van der Waals surface area contributed by atoms with Gasteiger partial charge < -0.3 is 14.7 Å². The fourth-order valence-corrected chi connectivity index (χ4v) is 3.74. The molecule has 32 heavy (non-hydrogen) atoms. The van der Waals surface area contributed by atoms with Crippen LogP contribution in [0.15, 0.2) is 59.9 Å². The van der Waals surface area contributed by atoms with E-state index in [2.05, 4.69) is 0 Å². The van der Waals surface area contributed by atoms with Crippen molar-refractivity contribution >= 4 is 23.1 Å². The van der Waals surface area contributed by atoms with Crippen LogP contribution < -0.4 is 14.5 Å². The summed E-state index contributed by atoms with van der Waals surface area (Å²) in [7, 11) is 3.89. The van der Waals surface area contributed by atoms with Gasteiger partial charge >= 0.3 is 0 Å². The van der Waals surface area contributed by atoms with E-state index in [1.54, 1.807) is 45.0 Å². The highest BCUT2D eigenvalue weighted by molar-refractivity contribution is 6.17. The highest BCUT2D eigenvalue weighted by atomic mass is 16.5. The van der Waals surface area contributed by atoms with E-state index in [9.17, 15) is 14.7 Å². The van der Waals surface area contributed by atoms with Crippen LogP contribution in [0.25, 0.3) is 0 Å². The quantitative estimate of drug-likeness (QED) is 0.686. The fourth-order valence-electron chi connectivity index (χ4n) is 3.74. The number of hydrogen-bond acceptors (Lipinski definition) is 5. The van der Waals surface area contributed by atoms with Gasteiger partial charge in [0.25, 0.3) is 5.91 Å². The first kappa shape index (κ1) is 23.4. The van der Waals surface area contributed by atoms with E-state index in [-0.39, 0.29) is 17.5 Å². The van der Waals surface area contributed by atoms with Gasteiger partial charge in [-0.3, -0.25) is 14.5 Å². The molecule has 1 aliphatic rings. The van der Waals surface area contributed by atoms with E-state index in [0.717, 1.165) is 11.3 Å². The molecule has 0 aromatic heterocycles. The summed E-state index contributed by atoms with van der Waals surface area (Å²) >= 11 is 0. The first-order valence-electron chi connectivity index (χ1n) is 10.8. The number of carbonyl (C=O) groups is 2. The summed E-state index contributed by atoms with van der Waals surface area (Å²) in [5, 5.41) is 10.8. The predicted molar refractivity (Wildman–Crippen MR) is 127 cm³/mol. The Bertz CT molecular complexity index is 1030. The molecule has 1 N–H and O–H groups in total. The van der Waals surface area contributed by atoms with Crippen molar-refractivity contribution < 1.29 is 19.4 Å². The summed E-state index contributed by atoms with van der Waals surface area (Å²) in [6.07, 6.45) is 0.0268. The molecule has 0 saturated carbocycles. The number of amides is 1. The standard InChI is InChI=1S/C26H32N2O4/c1-16(2)32-20-14-12-19(13-15-20)28-22(17-8-10-18(11-9-17)27(6)7)21(23(29)25(28)31)24(30)26(3,4)5/h8-16,22,29H,1-7H3. The van der Waals surface area contributed by atoms with Gasteiger partial charge in [-0.25, -0.2) is 0 Å². The molecule has 1 atom stereocenters. The molecular weight excluding hydrogens is 404 g/mol. The molecule has 6 nitrogen and oxygen atoms in total. The zero-order chi connectivity index (χ0) is 23.8. The van der Waals surface area contributed by atoms with Crippen molar-refractivity contribution in [2.24, 2.45) is 5.41 Å². The maximum Gasteiger partial charge on any atom is 0.294 e. The first-order chi connectivity index (χ1) is 14.9. The number of ketones is 1. The van der Waals surface area contributed by atoms with E-state index in [1.165, 1.54) is 4.90 Å². The van der Waals surface area contributed by atoms with Crippen LogP contribution in [0.5, 0.6) is 5.75 Å². The lowest BCUT2D eigenvalue weighted by Gasteiger charge is -2.29. The number of ether oxygens (including phenoxy) is 1. The van der Waals surface area contributed by atoms with Gasteiger partial charge in [-0.05, 0) is 55.8 Å². The molecule has 0 saturated heterocycles. The van der Waals surface area contributed by atoms with Crippen molar-refractivity contribution in [3.8, 4) is 5.75 Å². The van der Waals surface area contributed by atoms with Gasteiger partial charge in [0.1, 0.15) is 5.75 Å². The number of aliphatic hydroxyl groups excluding tert-OH is 1. The number of rotatable bonds is 6. The summed E-state index contributed by atoms with van der Waals surface area (Å²) < 4.78 is 5.71. The minimum Gasteiger partial charge on any atom is -0.503 e. The van der Waals surface area contributed by atoms with Gasteiger partial charge in [-0.1, -0.05) is 32.9 Å². The second-order valence-corrected chi connectivity index (χ2v) is 9.57. The Labute approximate surface area is 190 Å². The molecular formula is C26H32N2O4. The Morgan fingerprint density at radius 3 is 2.06 bits per heavy atom. The number of Topliss-reactive ketones (excluding diaryl/α,β-unsaturated/α-hetero) is 1. The van der Waals surface area contributed by atoms with Crippen LogP contribution >= 0.6 is 0 Å². The van der Waals surface area contributed by atoms with E-state index in [4.69, 9.17) is 4.74 Å². The lowest BCUT2D eigenvalue weighted by Crippen LogP contribution is -2.32. The zero-order valence-electron chi connectivity index (χ0n) is 19.8. The highest BCUT2D eigenvalue weighted by Crippen LogP contribution is 2.43. The molecule has 170 valence electrons. The molecule has 6 heteroatoms. The summed E-state index contributed by atoms with van der Waals surface area (Å²) in [5.41, 5.74) is 1.70. The van der Waals surface area contributed by atoms with E-state index in [1.807, 2.05) is 57.1 Å². The fraction of sp³-hybridized carbons (Fsp3) is 0.385. The average Bonchev–Trinajstić information content (AvgIpc) is 2.98. The maximum absolute atomic E-state index is 13.3.